The van der Waals surface area contributed by atoms with Crippen LogP contribution in [0.2, 0.25) is 0 Å². The minimum atomic E-state index is -4.05. The van der Waals surface area contributed by atoms with E-state index in [-0.39, 0.29) is 16.2 Å². The van der Waals surface area contributed by atoms with Crippen molar-refractivity contribution in [1.29, 1.82) is 0 Å². The van der Waals surface area contributed by atoms with E-state index in [1.165, 1.54) is 54.6 Å². The second-order valence-corrected chi connectivity index (χ2v) is 8.91. The molecule has 3 aromatic carbocycles. The lowest BCUT2D eigenvalue weighted by Crippen LogP contribution is -2.21. The van der Waals surface area contributed by atoms with Crippen LogP contribution in [0.15, 0.2) is 71.6 Å². The van der Waals surface area contributed by atoms with Gasteiger partial charge in [-0.15, -0.1) is 0 Å². The highest BCUT2D eigenvalue weighted by atomic mass is 32.2. The highest BCUT2D eigenvalue weighted by Crippen LogP contribution is 2.23. The minimum Gasteiger partial charge on any atom is -0.452 e. The molecule has 0 aliphatic rings. The van der Waals surface area contributed by atoms with E-state index in [9.17, 15) is 22.8 Å². The van der Waals surface area contributed by atoms with E-state index in [0.29, 0.717) is 16.8 Å². The van der Waals surface area contributed by atoms with E-state index < -0.39 is 34.5 Å². The number of hydrogen-bond acceptors (Lipinski definition) is 7. The third-order valence-corrected chi connectivity index (χ3v) is 6.09. The maximum atomic E-state index is 12.6. The monoisotopic (exact) mass is 482 g/mol. The van der Waals surface area contributed by atoms with E-state index in [2.05, 4.69) is 5.32 Å². The molecule has 34 heavy (non-hydrogen) atoms. The third-order valence-electron chi connectivity index (χ3n) is 4.70. The fourth-order valence-corrected chi connectivity index (χ4v) is 4.17. The second-order valence-electron chi connectivity index (χ2n) is 7.40. The number of anilines is 1. The molecule has 0 aliphatic heterocycles. The van der Waals surface area contributed by atoms with Gasteiger partial charge in [-0.25, -0.2) is 4.79 Å². The molecule has 0 radical (unpaired) electrons. The van der Waals surface area contributed by atoms with Crippen LogP contribution in [0.5, 0.6) is 5.75 Å². The van der Waals surface area contributed by atoms with Crippen LogP contribution in [-0.4, -0.2) is 32.8 Å². The van der Waals surface area contributed by atoms with Gasteiger partial charge in [0.15, 0.2) is 6.61 Å². The van der Waals surface area contributed by atoms with Crippen molar-refractivity contribution in [2.75, 3.05) is 11.9 Å². The Balaban J connectivity index is 1.57. The maximum absolute atomic E-state index is 12.6. The van der Waals surface area contributed by atoms with Crippen molar-refractivity contribution in [1.82, 2.24) is 0 Å². The Bertz CT molecular complexity index is 1330. The zero-order chi connectivity index (χ0) is 24.9. The Morgan fingerprint density at radius 3 is 2.12 bits per heavy atom. The Hall–Kier alpha value is -4.18. The number of carbonyl (C=O) groups is 3. The number of hydrogen-bond donors (Lipinski definition) is 2. The van der Waals surface area contributed by atoms with Crippen molar-refractivity contribution < 1.29 is 31.7 Å². The average Bonchev–Trinajstić information content (AvgIpc) is 2.79. The van der Waals surface area contributed by atoms with Crippen molar-refractivity contribution in [2.24, 2.45) is 5.73 Å². The van der Waals surface area contributed by atoms with Gasteiger partial charge in [-0.1, -0.05) is 12.1 Å². The number of amides is 2. The molecule has 0 saturated carbocycles. The van der Waals surface area contributed by atoms with Crippen molar-refractivity contribution in [3.63, 3.8) is 0 Å². The predicted molar refractivity (Wildman–Crippen MR) is 124 cm³/mol. The number of primary amides is 1. The predicted octanol–water partition coefficient (Wildman–Crippen LogP) is 2.97. The molecule has 10 heteroatoms. The Morgan fingerprint density at radius 1 is 0.882 bits per heavy atom. The molecule has 0 aromatic heterocycles. The number of carbonyl (C=O) groups excluding carboxylic acids is 3. The quantitative estimate of drug-likeness (QED) is 0.371. The van der Waals surface area contributed by atoms with E-state index >= 15 is 0 Å². The van der Waals surface area contributed by atoms with Crippen molar-refractivity contribution >= 4 is 33.6 Å². The number of rotatable bonds is 8. The lowest BCUT2D eigenvalue weighted by atomic mass is 10.2. The normalized spacial score (nSPS) is 10.9. The topological polar surface area (TPSA) is 142 Å². The number of nitrogens with two attached hydrogens (primary N) is 1. The molecule has 0 atom stereocenters. The smallest absolute Gasteiger partial charge is 0.339 e. The number of ether oxygens (including phenoxy) is 1. The fourth-order valence-electron chi connectivity index (χ4n) is 2.92. The molecule has 0 unspecified atom stereocenters. The van der Waals surface area contributed by atoms with E-state index in [1.54, 1.807) is 26.0 Å². The van der Waals surface area contributed by atoms with Gasteiger partial charge in [-0.05, 0) is 79.6 Å². The number of esters is 1. The van der Waals surface area contributed by atoms with Gasteiger partial charge in [0.05, 0.1) is 5.56 Å². The molecule has 9 nitrogen and oxygen atoms in total. The molecule has 3 aromatic rings. The van der Waals surface area contributed by atoms with Gasteiger partial charge in [0.1, 0.15) is 10.6 Å². The molecule has 0 fully saturated rings. The molecule has 0 bridgehead atoms. The molecule has 3 N–H and O–H groups in total. The summed E-state index contributed by atoms with van der Waals surface area (Å²) in [6, 6.07) is 16.2. The Kier molecular flexibility index (Phi) is 7.32. The van der Waals surface area contributed by atoms with Gasteiger partial charge < -0.3 is 20.0 Å². The van der Waals surface area contributed by atoms with Crippen LogP contribution in [0, 0.1) is 13.8 Å². The maximum Gasteiger partial charge on any atom is 0.339 e. The van der Waals surface area contributed by atoms with Crippen LogP contribution in [0.1, 0.15) is 31.8 Å². The van der Waals surface area contributed by atoms with Gasteiger partial charge in [0, 0.05) is 11.3 Å². The molecular formula is C24H22N2O7S. The summed E-state index contributed by atoms with van der Waals surface area (Å²) in [7, 11) is -4.05. The van der Waals surface area contributed by atoms with Gasteiger partial charge in [0.2, 0.25) is 5.91 Å². The lowest BCUT2D eigenvalue weighted by molar-refractivity contribution is -0.119. The lowest BCUT2D eigenvalue weighted by Gasteiger charge is -2.11. The zero-order valence-electron chi connectivity index (χ0n) is 18.4. The molecule has 3 rings (SSSR count). The molecular weight excluding hydrogens is 460 g/mol. The summed E-state index contributed by atoms with van der Waals surface area (Å²) in [4.78, 5) is 35.3. The first kappa shape index (κ1) is 24.5. The van der Waals surface area contributed by atoms with E-state index in [0.717, 1.165) is 5.56 Å². The first-order valence-electron chi connectivity index (χ1n) is 10.0. The standard InChI is InChI=1S/C24H22N2O7S/c1-15-3-4-16(2)21(13-15)34(30,31)33-20-11-7-18(8-12-20)24(29)32-14-22(27)26-19-9-5-17(6-10-19)23(25)28/h3-13H,14H2,1-2H3,(H2,25,28)(H,26,27). The third kappa shape index (κ3) is 6.20. The highest BCUT2D eigenvalue weighted by molar-refractivity contribution is 7.87. The molecule has 2 amide bonds. The van der Waals surface area contributed by atoms with E-state index in [1.807, 2.05) is 0 Å². The molecule has 176 valence electrons. The summed E-state index contributed by atoms with van der Waals surface area (Å²) in [5.74, 6) is -1.93. The largest absolute Gasteiger partial charge is 0.452 e. The Labute approximate surface area is 196 Å². The van der Waals surface area contributed by atoms with Crippen LogP contribution in [0.3, 0.4) is 0 Å². The summed E-state index contributed by atoms with van der Waals surface area (Å²) in [6.45, 7) is 2.90. The molecule has 0 spiro atoms. The average molecular weight is 483 g/mol. The van der Waals surface area contributed by atoms with Crippen molar-refractivity contribution in [3.8, 4) is 5.75 Å². The van der Waals surface area contributed by atoms with Crippen LogP contribution >= 0.6 is 0 Å². The second kappa shape index (κ2) is 10.2. The summed E-state index contributed by atoms with van der Waals surface area (Å²) in [5.41, 5.74) is 7.28. The van der Waals surface area contributed by atoms with Crippen molar-refractivity contribution in [3.05, 3.63) is 89.0 Å². The van der Waals surface area contributed by atoms with Gasteiger partial charge in [0.25, 0.3) is 5.91 Å². The zero-order valence-corrected chi connectivity index (χ0v) is 19.2. The molecule has 0 aliphatic carbocycles. The van der Waals surface area contributed by atoms with Crippen LogP contribution in [0.25, 0.3) is 0 Å². The van der Waals surface area contributed by atoms with Crippen molar-refractivity contribution in [2.45, 2.75) is 18.7 Å². The van der Waals surface area contributed by atoms with Crippen LogP contribution in [0.4, 0.5) is 5.69 Å². The first-order chi connectivity index (χ1) is 16.0. The van der Waals surface area contributed by atoms with Crippen LogP contribution < -0.4 is 15.2 Å². The SMILES string of the molecule is Cc1ccc(C)c(S(=O)(=O)Oc2ccc(C(=O)OCC(=O)Nc3ccc(C(N)=O)cc3)cc2)c1. The minimum absolute atomic E-state index is 0.0228. The highest BCUT2D eigenvalue weighted by Gasteiger charge is 2.20. The van der Waals surface area contributed by atoms with Crippen LogP contribution in [-0.2, 0) is 19.6 Å². The number of aryl methyl sites for hydroxylation is 2. The number of benzene rings is 3. The van der Waals surface area contributed by atoms with Gasteiger partial charge in [-0.3, -0.25) is 9.59 Å². The summed E-state index contributed by atoms with van der Waals surface area (Å²) in [6.07, 6.45) is 0. The first-order valence-corrected chi connectivity index (χ1v) is 11.4. The summed E-state index contributed by atoms with van der Waals surface area (Å²) in [5, 5.41) is 2.52. The number of nitrogens with one attached hydrogen (secondary N) is 1. The summed E-state index contributed by atoms with van der Waals surface area (Å²) >= 11 is 0. The Morgan fingerprint density at radius 2 is 1.50 bits per heavy atom. The van der Waals surface area contributed by atoms with Gasteiger partial charge >= 0.3 is 16.1 Å². The molecule has 0 saturated heterocycles. The summed E-state index contributed by atoms with van der Waals surface area (Å²) < 4.78 is 35.3. The van der Waals surface area contributed by atoms with E-state index in [4.69, 9.17) is 14.7 Å². The van der Waals surface area contributed by atoms with Gasteiger partial charge in [-0.2, -0.15) is 8.42 Å². The fraction of sp³-hybridized carbons (Fsp3) is 0.125. The molecule has 0 heterocycles.